The summed E-state index contributed by atoms with van der Waals surface area (Å²) < 4.78 is 0. The third kappa shape index (κ3) is 7.57. The van der Waals surface area contributed by atoms with Crippen LogP contribution in [-0.2, 0) is 9.63 Å². The molecule has 3 aromatic carbocycles. The van der Waals surface area contributed by atoms with Crippen LogP contribution in [0.25, 0.3) is 11.3 Å². The number of aliphatic hydroxyl groups is 1. The van der Waals surface area contributed by atoms with Crippen LogP contribution in [0, 0.1) is 13.8 Å². The lowest BCUT2D eigenvalue weighted by molar-refractivity contribution is -0.105. The summed E-state index contributed by atoms with van der Waals surface area (Å²) in [4.78, 5) is 31.6. The zero-order valence-corrected chi connectivity index (χ0v) is 23.4. The van der Waals surface area contributed by atoms with E-state index in [0.29, 0.717) is 25.1 Å². The zero-order chi connectivity index (χ0) is 28.5. The van der Waals surface area contributed by atoms with Gasteiger partial charge in [-0.3, -0.25) is 14.4 Å². The number of likely N-dealkylation sites (tertiary alicyclic amines) is 1. The van der Waals surface area contributed by atoms with E-state index in [1.807, 2.05) is 62.4 Å². The van der Waals surface area contributed by atoms with Crippen LogP contribution in [0.15, 0.2) is 66.7 Å². The number of carbonyl (C=O) groups is 2. The van der Waals surface area contributed by atoms with Gasteiger partial charge in [-0.15, -0.1) is 0 Å². The quantitative estimate of drug-likeness (QED) is 0.118. The molecule has 2 amide bonds. The lowest BCUT2D eigenvalue weighted by atomic mass is 9.95. The number of allylic oxidation sites excluding steroid dienone is 1. The molecule has 1 saturated heterocycles. The van der Waals surface area contributed by atoms with Crippen molar-refractivity contribution in [2.45, 2.75) is 39.7 Å². The van der Waals surface area contributed by atoms with E-state index >= 15 is 0 Å². The fraction of sp³-hybridized carbons (Fsp3) is 0.312. The summed E-state index contributed by atoms with van der Waals surface area (Å²) in [6.45, 7) is 8.86. The number of amides is 2. The highest BCUT2D eigenvalue weighted by atomic mass is 16.7. The van der Waals surface area contributed by atoms with Crippen molar-refractivity contribution in [1.82, 2.24) is 10.4 Å². The van der Waals surface area contributed by atoms with Gasteiger partial charge in [-0.25, -0.2) is 5.48 Å². The minimum Gasteiger partial charge on any atom is -0.393 e. The molecular weight excluding hydrogens is 504 g/mol. The smallest absolute Gasteiger partial charge is 0.274 e. The SMILES string of the molecule is C/C(=C(\Nc1ccc(C(=O)NOCCN2CCC(O)CC2)cc1)c1ccccc1)c1cc(C)c(C)cc1NC=O. The first-order valence-electron chi connectivity index (χ1n) is 13.6. The molecule has 1 aliphatic heterocycles. The number of aliphatic hydroxyl groups excluding tert-OH is 1. The van der Waals surface area contributed by atoms with Gasteiger partial charge in [0, 0.05) is 47.8 Å². The van der Waals surface area contributed by atoms with E-state index in [2.05, 4.69) is 34.0 Å². The third-order valence-electron chi connectivity index (χ3n) is 7.34. The van der Waals surface area contributed by atoms with Gasteiger partial charge in [0.25, 0.3) is 5.91 Å². The molecule has 1 heterocycles. The van der Waals surface area contributed by atoms with Crippen LogP contribution in [0.3, 0.4) is 0 Å². The minimum absolute atomic E-state index is 0.207. The first-order valence-corrected chi connectivity index (χ1v) is 13.6. The number of piperidine rings is 1. The number of aryl methyl sites for hydroxylation is 2. The Hall–Kier alpha value is -3.98. The summed E-state index contributed by atoms with van der Waals surface area (Å²) >= 11 is 0. The normalized spacial score (nSPS) is 14.8. The Morgan fingerprint density at radius 1 is 1.00 bits per heavy atom. The van der Waals surface area contributed by atoms with Gasteiger partial charge in [0.15, 0.2) is 0 Å². The molecule has 0 atom stereocenters. The number of hydrogen-bond acceptors (Lipinski definition) is 6. The topological polar surface area (TPSA) is 103 Å². The summed E-state index contributed by atoms with van der Waals surface area (Å²) in [5.41, 5.74) is 10.6. The highest BCUT2D eigenvalue weighted by Crippen LogP contribution is 2.33. The van der Waals surface area contributed by atoms with Crippen molar-refractivity contribution in [2.24, 2.45) is 0 Å². The number of benzene rings is 3. The summed E-state index contributed by atoms with van der Waals surface area (Å²) in [5.74, 6) is -0.310. The van der Waals surface area contributed by atoms with E-state index in [1.165, 1.54) is 0 Å². The van der Waals surface area contributed by atoms with Crippen LogP contribution < -0.4 is 16.1 Å². The maximum atomic E-state index is 12.6. The largest absolute Gasteiger partial charge is 0.393 e. The van der Waals surface area contributed by atoms with Crippen LogP contribution in [0.5, 0.6) is 0 Å². The van der Waals surface area contributed by atoms with Gasteiger partial charge in [-0.05, 0) is 92.3 Å². The lowest BCUT2D eigenvalue weighted by Crippen LogP contribution is -2.38. The van der Waals surface area contributed by atoms with Crippen LogP contribution in [0.1, 0.15) is 52.4 Å². The molecule has 0 spiro atoms. The van der Waals surface area contributed by atoms with Gasteiger partial charge in [0.05, 0.1) is 12.7 Å². The van der Waals surface area contributed by atoms with Crippen LogP contribution in [-0.4, -0.2) is 54.7 Å². The second-order valence-electron chi connectivity index (χ2n) is 10.2. The monoisotopic (exact) mass is 542 g/mol. The number of anilines is 2. The molecule has 1 aliphatic rings. The second kappa shape index (κ2) is 13.9. The fourth-order valence-electron chi connectivity index (χ4n) is 4.77. The number of rotatable bonds is 11. The van der Waals surface area contributed by atoms with Crippen molar-refractivity contribution < 1.29 is 19.5 Å². The highest BCUT2D eigenvalue weighted by molar-refractivity contribution is 5.99. The minimum atomic E-state index is -0.310. The van der Waals surface area contributed by atoms with E-state index in [0.717, 1.165) is 70.8 Å². The Balaban J connectivity index is 1.47. The number of nitrogens with zero attached hydrogens (tertiary/aromatic N) is 1. The molecule has 210 valence electrons. The molecular formula is C32H38N4O4. The van der Waals surface area contributed by atoms with Crippen LogP contribution in [0.2, 0.25) is 0 Å². The van der Waals surface area contributed by atoms with E-state index in [4.69, 9.17) is 4.84 Å². The first kappa shape index (κ1) is 29.0. The first-order chi connectivity index (χ1) is 19.4. The Morgan fingerprint density at radius 3 is 2.35 bits per heavy atom. The number of hydrogen-bond donors (Lipinski definition) is 4. The predicted molar refractivity (Wildman–Crippen MR) is 160 cm³/mol. The highest BCUT2D eigenvalue weighted by Gasteiger charge is 2.17. The Labute approximate surface area is 236 Å². The van der Waals surface area contributed by atoms with Crippen molar-refractivity contribution in [1.29, 1.82) is 0 Å². The molecule has 4 N–H and O–H groups in total. The summed E-state index contributed by atoms with van der Waals surface area (Å²) in [6.07, 6.45) is 2.04. The maximum absolute atomic E-state index is 12.6. The third-order valence-corrected chi connectivity index (χ3v) is 7.34. The van der Waals surface area contributed by atoms with Crippen molar-refractivity contribution in [2.75, 3.05) is 36.9 Å². The van der Waals surface area contributed by atoms with E-state index in [1.54, 1.807) is 12.1 Å². The van der Waals surface area contributed by atoms with Gasteiger partial charge < -0.3 is 20.6 Å². The molecule has 3 aromatic rings. The van der Waals surface area contributed by atoms with Crippen molar-refractivity contribution in [3.8, 4) is 0 Å². The van der Waals surface area contributed by atoms with Crippen molar-refractivity contribution >= 4 is 35.0 Å². The van der Waals surface area contributed by atoms with Crippen LogP contribution >= 0.6 is 0 Å². The molecule has 8 heteroatoms. The van der Waals surface area contributed by atoms with Crippen molar-refractivity contribution in [3.63, 3.8) is 0 Å². The van der Waals surface area contributed by atoms with Gasteiger partial charge in [0.1, 0.15) is 0 Å². The molecule has 40 heavy (non-hydrogen) atoms. The average molecular weight is 543 g/mol. The van der Waals surface area contributed by atoms with Gasteiger partial charge in [-0.2, -0.15) is 0 Å². The standard InChI is InChI=1S/C32H38N4O4/c1-22-19-29(30(33-21-37)20-23(22)2)24(3)31(25-7-5-4-6-8-25)34-27-11-9-26(10-12-27)32(39)35-40-18-17-36-15-13-28(38)14-16-36/h4-12,19-21,28,34,38H,13-18H2,1-3H3,(H,33,37)(H,35,39)/b31-24+. The fourth-order valence-corrected chi connectivity index (χ4v) is 4.77. The Bertz CT molecular complexity index is 1330. The van der Waals surface area contributed by atoms with Gasteiger partial charge in [-0.1, -0.05) is 30.3 Å². The molecule has 8 nitrogen and oxygen atoms in total. The van der Waals surface area contributed by atoms with E-state index < -0.39 is 0 Å². The van der Waals surface area contributed by atoms with Gasteiger partial charge >= 0.3 is 0 Å². The molecule has 0 aliphatic carbocycles. The Kier molecular flexibility index (Phi) is 10.1. The lowest BCUT2D eigenvalue weighted by Gasteiger charge is -2.29. The predicted octanol–water partition coefficient (Wildman–Crippen LogP) is 4.99. The summed E-state index contributed by atoms with van der Waals surface area (Å²) in [6, 6.07) is 21.3. The van der Waals surface area contributed by atoms with Crippen molar-refractivity contribution in [3.05, 3.63) is 94.5 Å². The van der Waals surface area contributed by atoms with Gasteiger partial charge in [0.2, 0.25) is 6.41 Å². The molecule has 1 fully saturated rings. The van der Waals surface area contributed by atoms with E-state index in [9.17, 15) is 14.7 Å². The average Bonchev–Trinajstić information content (AvgIpc) is 2.97. The Morgan fingerprint density at radius 2 is 1.68 bits per heavy atom. The maximum Gasteiger partial charge on any atom is 0.274 e. The second-order valence-corrected chi connectivity index (χ2v) is 10.2. The summed E-state index contributed by atoms with van der Waals surface area (Å²) in [5, 5.41) is 16.0. The molecule has 0 aromatic heterocycles. The van der Waals surface area contributed by atoms with Crippen LogP contribution in [0.4, 0.5) is 11.4 Å². The zero-order valence-electron chi connectivity index (χ0n) is 23.4. The molecule has 0 saturated carbocycles. The molecule has 0 radical (unpaired) electrons. The number of nitrogens with one attached hydrogen (secondary N) is 3. The van der Waals surface area contributed by atoms with E-state index in [-0.39, 0.29) is 12.0 Å². The molecule has 0 bridgehead atoms. The number of carbonyl (C=O) groups excluding carboxylic acids is 2. The summed E-state index contributed by atoms with van der Waals surface area (Å²) in [7, 11) is 0. The molecule has 0 unspecified atom stereocenters. The molecule has 4 rings (SSSR count). The number of hydroxylamine groups is 1.